The Bertz CT molecular complexity index is 960. The van der Waals surface area contributed by atoms with Crippen LogP contribution < -0.4 is 4.74 Å². The normalized spacial score (nSPS) is 16.5. The van der Waals surface area contributed by atoms with Gasteiger partial charge in [0.2, 0.25) is 0 Å². The SMILES string of the molecule is COc1cc(CSc2nnc(-c3cccs3)n2CC2CCCO2)ccc1SC(F)F. The number of thiophene rings is 1. The fraction of sp³-hybridized carbons (Fsp3) is 0.400. The van der Waals surface area contributed by atoms with E-state index in [4.69, 9.17) is 9.47 Å². The number of hydrogen-bond acceptors (Lipinski definition) is 7. The van der Waals surface area contributed by atoms with Crippen LogP contribution in [0.4, 0.5) is 8.78 Å². The Hall–Kier alpha value is -1.62. The summed E-state index contributed by atoms with van der Waals surface area (Å²) < 4.78 is 38.7. The fourth-order valence-electron chi connectivity index (χ4n) is 3.28. The van der Waals surface area contributed by atoms with E-state index in [2.05, 4.69) is 14.8 Å². The van der Waals surface area contributed by atoms with Gasteiger partial charge >= 0.3 is 0 Å². The number of alkyl halides is 2. The zero-order valence-electron chi connectivity index (χ0n) is 16.3. The van der Waals surface area contributed by atoms with Gasteiger partial charge in [-0.15, -0.1) is 21.5 Å². The highest BCUT2D eigenvalue weighted by molar-refractivity contribution is 7.99. The Labute approximate surface area is 186 Å². The van der Waals surface area contributed by atoms with Crippen LogP contribution in [0.15, 0.2) is 45.8 Å². The summed E-state index contributed by atoms with van der Waals surface area (Å²) in [6.07, 6.45) is 2.28. The molecule has 10 heteroatoms. The minimum atomic E-state index is -2.48. The van der Waals surface area contributed by atoms with Crippen molar-refractivity contribution in [1.82, 2.24) is 14.8 Å². The molecule has 0 radical (unpaired) electrons. The van der Waals surface area contributed by atoms with Gasteiger partial charge in [0.15, 0.2) is 11.0 Å². The molecule has 1 fully saturated rings. The maximum atomic E-state index is 12.7. The first-order valence-corrected chi connectivity index (χ1v) is 12.2. The van der Waals surface area contributed by atoms with Crippen LogP contribution in [-0.4, -0.2) is 40.3 Å². The second-order valence-electron chi connectivity index (χ2n) is 6.68. The number of methoxy groups -OCH3 is 1. The van der Waals surface area contributed by atoms with Gasteiger partial charge in [0.25, 0.3) is 5.76 Å². The lowest BCUT2D eigenvalue weighted by Gasteiger charge is -2.14. The van der Waals surface area contributed by atoms with Crippen LogP contribution in [0, 0.1) is 0 Å². The largest absolute Gasteiger partial charge is 0.496 e. The van der Waals surface area contributed by atoms with Crippen LogP contribution in [0.25, 0.3) is 10.7 Å². The first-order valence-electron chi connectivity index (χ1n) is 9.47. The molecule has 1 aromatic carbocycles. The van der Waals surface area contributed by atoms with Gasteiger partial charge < -0.3 is 9.47 Å². The predicted molar refractivity (Wildman–Crippen MR) is 117 cm³/mol. The summed E-state index contributed by atoms with van der Waals surface area (Å²) in [6, 6.07) is 9.38. The molecule has 0 amide bonds. The minimum absolute atomic E-state index is 0.171. The summed E-state index contributed by atoms with van der Waals surface area (Å²) in [5.74, 6) is -0.543. The van der Waals surface area contributed by atoms with Crippen molar-refractivity contribution >= 4 is 34.9 Å². The number of ether oxygens (including phenoxy) is 2. The van der Waals surface area contributed by atoms with E-state index in [9.17, 15) is 8.78 Å². The number of aromatic nitrogens is 3. The number of rotatable bonds is 9. The van der Waals surface area contributed by atoms with Crippen molar-refractivity contribution < 1.29 is 18.3 Å². The van der Waals surface area contributed by atoms with Crippen LogP contribution in [0.3, 0.4) is 0 Å². The van der Waals surface area contributed by atoms with E-state index in [1.54, 1.807) is 35.2 Å². The van der Waals surface area contributed by atoms with E-state index in [0.29, 0.717) is 28.2 Å². The summed E-state index contributed by atoms with van der Waals surface area (Å²) in [5.41, 5.74) is 0.972. The standard InChI is InChI=1S/C20H21F2N3O2S3/c1-26-15-10-13(6-7-16(15)30-19(21)22)12-29-20-24-23-18(17-5-3-9-28-17)25(20)11-14-4-2-8-27-14/h3,5-7,9-10,14,19H,2,4,8,11-12H2,1H3. The van der Waals surface area contributed by atoms with Crippen molar-refractivity contribution in [1.29, 1.82) is 0 Å². The molecule has 3 heterocycles. The van der Waals surface area contributed by atoms with Crippen molar-refractivity contribution in [3.8, 4) is 16.5 Å². The molecule has 30 heavy (non-hydrogen) atoms. The van der Waals surface area contributed by atoms with Gasteiger partial charge in [-0.25, -0.2) is 0 Å². The van der Waals surface area contributed by atoms with Gasteiger partial charge in [-0.3, -0.25) is 4.57 Å². The Balaban J connectivity index is 1.53. The number of thioether (sulfide) groups is 2. The average molecular weight is 470 g/mol. The molecule has 160 valence electrons. The second-order valence-corrected chi connectivity index (χ2v) is 9.60. The zero-order chi connectivity index (χ0) is 20.9. The predicted octanol–water partition coefficient (Wildman–Crippen LogP) is 5.80. The highest BCUT2D eigenvalue weighted by Crippen LogP contribution is 2.36. The topological polar surface area (TPSA) is 49.2 Å². The van der Waals surface area contributed by atoms with E-state index >= 15 is 0 Å². The lowest BCUT2D eigenvalue weighted by molar-refractivity contribution is 0.0953. The molecular formula is C20H21F2N3O2S3. The van der Waals surface area contributed by atoms with Crippen molar-refractivity contribution in [3.63, 3.8) is 0 Å². The van der Waals surface area contributed by atoms with Gasteiger partial charge in [0, 0.05) is 12.4 Å². The number of nitrogens with zero attached hydrogens (tertiary/aromatic N) is 3. The summed E-state index contributed by atoms with van der Waals surface area (Å²) in [5, 5.41) is 11.7. The molecule has 0 aliphatic carbocycles. The highest BCUT2D eigenvalue weighted by atomic mass is 32.2. The summed E-state index contributed by atoms with van der Waals surface area (Å²) in [6.45, 7) is 1.52. The number of benzene rings is 1. The molecule has 1 saturated heterocycles. The van der Waals surface area contributed by atoms with E-state index in [1.807, 2.05) is 23.6 Å². The molecular weight excluding hydrogens is 448 g/mol. The smallest absolute Gasteiger partial charge is 0.289 e. The third-order valence-corrected chi connectivity index (χ3v) is 7.35. The summed E-state index contributed by atoms with van der Waals surface area (Å²) >= 11 is 3.69. The summed E-state index contributed by atoms with van der Waals surface area (Å²) in [7, 11) is 1.49. The first kappa shape index (κ1) is 21.6. The summed E-state index contributed by atoms with van der Waals surface area (Å²) in [4.78, 5) is 1.50. The van der Waals surface area contributed by atoms with Crippen LogP contribution in [0.5, 0.6) is 5.75 Å². The van der Waals surface area contributed by atoms with Crippen LogP contribution in [0.2, 0.25) is 0 Å². The molecule has 5 nitrogen and oxygen atoms in total. The fourth-order valence-corrected chi connectivity index (χ4v) is 5.49. The van der Waals surface area contributed by atoms with Crippen molar-refractivity contribution in [2.75, 3.05) is 13.7 Å². The van der Waals surface area contributed by atoms with Gasteiger partial charge in [0.1, 0.15) is 5.75 Å². The van der Waals surface area contributed by atoms with Gasteiger partial charge in [-0.05, 0) is 42.0 Å². The molecule has 1 aliphatic rings. The molecule has 0 saturated carbocycles. The molecule has 0 spiro atoms. The molecule has 0 N–H and O–H groups in total. The van der Waals surface area contributed by atoms with E-state index in [-0.39, 0.29) is 6.10 Å². The molecule has 3 aromatic rings. The van der Waals surface area contributed by atoms with Crippen molar-refractivity contribution in [3.05, 3.63) is 41.3 Å². The molecule has 4 rings (SSSR count). The molecule has 1 unspecified atom stereocenters. The molecule has 2 aromatic heterocycles. The highest BCUT2D eigenvalue weighted by Gasteiger charge is 2.22. The lowest BCUT2D eigenvalue weighted by atomic mass is 10.2. The lowest BCUT2D eigenvalue weighted by Crippen LogP contribution is -2.16. The Morgan fingerprint density at radius 2 is 2.23 bits per heavy atom. The number of halogens is 2. The Morgan fingerprint density at radius 1 is 1.33 bits per heavy atom. The third kappa shape index (κ3) is 5.16. The number of hydrogen-bond donors (Lipinski definition) is 0. The Kier molecular flexibility index (Phi) is 7.29. The maximum Gasteiger partial charge on any atom is 0.289 e. The molecule has 1 atom stereocenters. The minimum Gasteiger partial charge on any atom is -0.496 e. The van der Waals surface area contributed by atoms with E-state index in [1.165, 1.54) is 7.11 Å². The van der Waals surface area contributed by atoms with Crippen LogP contribution in [-0.2, 0) is 17.0 Å². The van der Waals surface area contributed by atoms with Gasteiger partial charge in [-0.1, -0.05) is 35.7 Å². The van der Waals surface area contributed by atoms with Crippen molar-refractivity contribution in [2.24, 2.45) is 0 Å². The van der Waals surface area contributed by atoms with E-state index in [0.717, 1.165) is 47.4 Å². The second kappa shape index (κ2) is 10.1. The maximum absolute atomic E-state index is 12.7. The van der Waals surface area contributed by atoms with Crippen LogP contribution >= 0.6 is 34.9 Å². The molecule has 0 bridgehead atoms. The molecule has 1 aliphatic heterocycles. The van der Waals surface area contributed by atoms with Gasteiger partial charge in [-0.2, -0.15) is 8.78 Å². The quantitative estimate of drug-likeness (QED) is 0.369. The Morgan fingerprint density at radius 3 is 2.93 bits per heavy atom. The monoisotopic (exact) mass is 469 g/mol. The van der Waals surface area contributed by atoms with Crippen LogP contribution in [0.1, 0.15) is 18.4 Å². The zero-order valence-corrected chi connectivity index (χ0v) is 18.7. The third-order valence-electron chi connectivity index (χ3n) is 4.68. The van der Waals surface area contributed by atoms with Crippen molar-refractivity contribution in [2.45, 2.75) is 47.1 Å². The van der Waals surface area contributed by atoms with Gasteiger partial charge in [0.05, 0.1) is 29.5 Å². The van der Waals surface area contributed by atoms with E-state index < -0.39 is 5.76 Å². The average Bonchev–Trinajstić information content (AvgIpc) is 3.49. The first-order chi connectivity index (χ1) is 14.6.